The molecule has 2 rings (SSSR count). The quantitative estimate of drug-likeness (QED) is 0.839. The van der Waals surface area contributed by atoms with Crippen LogP contribution in [0, 0.1) is 6.92 Å². The Morgan fingerprint density at radius 3 is 2.00 bits per heavy atom. The zero-order chi connectivity index (χ0) is 13.1. The predicted octanol–water partition coefficient (Wildman–Crippen LogP) is 2.92. The molecule has 0 spiro atoms. The summed E-state index contributed by atoms with van der Waals surface area (Å²) in [6.07, 6.45) is 0. The average Bonchev–Trinajstić information content (AvgIpc) is 2.38. The summed E-state index contributed by atoms with van der Waals surface area (Å²) in [4.78, 5) is 22.9. The van der Waals surface area contributed by atoms with Gasteiger partial charge in [0.15, 0.2) is 5.78 Å². The number of carboxylic acid groups (broad SMARTS) is 1. The highest BCUT2D eigenvalue weighted by Gasteiger charge is 2.11. The molecule has 0 heterocycles. The van der Waals surface area contributed by atoms with E-state index in [0.717, 1.165) is 5.56 Å². The third-order valence-electron chi connectivity index (χ3n) is 2.78. The molecule has 1 N–H and O–H groups in total. The molecule has 18 heavy (non-hydrogen) atoms. The molecule has 0 saturated heterocycles. The van der Waals surface area contributed by atoms with Crippen molar-refractivity contribution in [2.75, 3.05) is 0 Å². The first kappa shape index (κ1) is 12.0. The number of ketones is 1. The van der Waals surface area contributed by atoms with Gasteiger partial charge in [0.2, 0.25) is 0 Å². The normalized spacial score (nSPS) is 10.1. The van der Waals surface area contributed by atoms with Crippen LogP contribution in [0.3, 0.4) is 0 Å². The molecule has 0 unspecified atom stereocenters. The minimum atomic E-state index is -0.995. The molecule has 0 aromatic heterocycles. The van der Waals surface area contributed by atoms with Gasteiger partial charge in [-0.3, -0.25) is 4.79 Å². The number of rotatable bonds is 3. The van der Waals surface area contributed by atoms with Crippen molar-refractivity contribution in [1.29, 1.82) is 0 Å². The zero-order valence-corrected chi connectivity index (χ0v) is 9.88. The van der Waals surface area contributed by atoms with E-state index >= 15 is 0 Å². The van der Waals surface area contributed by atoms with Crippen molar-refractivity contribution < 1.29 is 14.7 Å². The van der Waals surface area contributed by atoms with Crippen LogP contribution in [0.25, 0.3) is 0 Å². The molecular weight excluding hydrogens is 228 g/mol. The molecule has 3 nitrogen and oxygen atoms in total. The van der Waals surface area contributed by atoms with Crippen molar-refractivity contribution in [2.24, 2.45) is 0 Å². The van der Waals surface area contributed by atoms with Gasteiger partial charge in [-0.25, -0.2) is 4.79 Å². The smallest absolute Gasteiger partial charge is 0.335 e. The second-order valence-corrected chi connectivity index (χ2v) is 4.03. The first-order valence-corrected chi connectivity index (χ1v) is 5.53. The van der Waals surface area contributed by atoms with E-state index in [1.807, 2.05) is 25.1 Å². The fraction of sp³-hybridized carbons (Fsp3) is 0.0667. The Labute approximate surface area is 105 Å². The van der Waals surface area contributed by atoms with Crippen molar-refractivity contribution in [2.45, 2.75) is 6.92 Å². The van der Waals surface area contributed by atoms with Crippen LogP contribution >= 0.6 is 0 Å². The van der Waals surface area contributed by atoms with E-state index in [4.69, 9.17) is 5.11 Å². The number of aryl methyl sites for hydroxylation is 1. The molecular formula is C15H12O3. The molecule has 90 valence electrons. The SMILES string of the molecule is Cc1ccccc1C(=O)c1ccc(C(=O)O)cc1. The van der Waals surface area contributed by atoms with Gasteiger partial charge in [0.05, 0.1) is 5.56 Å². The first-order chi connectivity index (χ1) is 8.59. The molecule has 0 aliphatic heterocycles. The van der Waals surface area contributed by atoms with Crippen LogP contribution in [0.15, 0.2) is 48.5 Å². The summed E-state index contributed by atoms with van der Waals surface area (Å²) in [6, 6.07) is 13.3. The van der Waals surface area contributed by atoms with Gasteiger partial charge in [0.1, 0.15) is 0 Å². The largest absolute Gasteiger partial charge is 0.478 e. The average molecular weight is 240 g/mol. The third-order valence-corrected chi connectivity index (χ3v) is 2.78. The minimum absolute atomic E-state index is 0.0926. The van der Waals surface area contributed by atoms with Crippen LogP contribution in [-0.2, 0) is 0 Å². The van der Waals surface area contributed by atoms with E-state index in [1.54, 1.807) is 6.07 Å². The van der Waals surface area contributed by atoms with Crippen molar-refractivity contribution in [3.63, 3.8) is 0 Å². The Kier molecular flexibility index (Phi) is 3.24. The van der Waals surface area contributed by atoms with E-state index in [0.29, 0.717) is 11.1 Å². The third kappa shape index (κ3) is 2.30. The summed E-state index contributed by atoms with van der Waals surface area (Å²) in [6.45, 7) is 1.87. The predicted molar refractivity (Wildman–Crippen MR) is 68.0 cm³/mol. The van der Waals surface area contributed by atoms with Crippen LogP contribution in [0.2, 0.25) is 0 Å². The zero-order valence-electron chi connectivity index (χ0n) is 9.88. The molecule has 2 aromatic rings. The Morgan fingerprint density at radius 1 is 0.889 bits per heavy atom. The Hall–Kier alpha value is -2.42. The molecule has 0 bridgehead atoms. The topological polar surface area (TPSA) is 54.4 Å². The van der Waals surface area contributed by atoms with Gasteiger partial charge in [0.25, 0.3) is 0 Å². The van der Waals surface area contributed by atoms with Gasteiger partial charge in [-0.15, -0.1) is 0 Å². The maximum atomic E-state index is 12.2. The molecule has 2 aromatic carbocycles. The number of carboxylic acids is 1. The summed E-state index contributed by atoms with van der Waals surface area (Å²) < 4.78 is 0. The molecule has 3 heteroatoms. The van der Waals surface area contributed by atoms with E-state index in [2.05, 4.69) is 0 Å². The highest BCUT2D eigenvalue weighted by Crippen LogP contribution is 2.14. The van der Waals surface area contributed by atoms with Crippen molar-refractivity contribution in [3.05, 3.63) is 70.8 Å². The Bertz CT molecular complexity index is 597. The summed E-state index contributed by atoms with van der Waals surface area (Å²) in [5.41, 5.74) is 2.22. The van der Waals surface area contributed by atoms with E-state index in [9.17, 15) is 9.59 Å². The highest BCUT2D eigenvalue weighted by atomic mass is 16.4. The standard InChI is InChI=1S/C15H12O3/c1-10-4-2-3-5-13(10)14(16)11-6-8-12(9-7-11)15(17)18/h2-9H,1H3,(H,17,18). The fourth-order valence-corrected chi connectivity index (χ4v) is 1.75. The number of hydrogen-bond acceptors (Lipinski definition) is 2. The summed E-state index contributed by atoms with van der Waals surface area (Å²) in [7, 11) is 0. The second-order valence-electron chi connectivity index (χ2n) is 4.03. The lowest BCUT2D eigenvalue weighted by molar-refractivity contribution is 0.0696. The van der Waals surface area contributed by atoms with Gasteiger partial charge < -0.3 is 5.11 Å². The Balaban J connectivity index is 2.35. The number of aromatic carboxylic acids is 1. The van der Waals surface area contributed by atoms with Crippen LogP contribution < -0.4 is 0 Å². The first-order valence-electron chi connectivity index (χ1n) is 5.53. The molecule has 0 saturated carbocycles. The minimum Gasteiger partial charge on any atom is -0.478 e. The van der Waals surface area contributed by atoms with Crippen molar-refractivity contribution >= 4 is 11.8 Å². The molecule has 0 atom stereocenters. The lowest BCUT2D eigenvalue weighted by atomic mass is 9.98. The number of benzene rings is 2. The van der Waals surface area contributed by atoms with Gasteiger partial charge >= 0.3 is 5.97 Å². The van der Waals surface area contributed by atoms with Crippen molar-refractivity contribution in [1.82, 2.24) is 0 Å². The van der Waals surface area contributed by atoms with Crippen LogP contribution in [0.4, 0.5) is 0 Å². The summed E-state index contributed by atoms with van der Waals surface area (Å²) >= 11 is 0. The molecule has 0 aliphatic carbocycles. The lowest BCUT2D eigenvalue weighted by Crippen LogP contribution is -2.04. The molecule has 0 radical (unpaired) electrons. The van der Waals surface area contributed by atoms with Gasteiger partial charge in [0, 0.05) is 11.1 Å². The van der Waals surface area contributed by atoms with Gasteiger partial charge in [-0.2, -0.15) is 0 Å². The monoisotopic (exact) mass is 240 g/mol. The van der Waals surface area contributed by atoms with Crippen LogP contribution in [0.1, 0.15) is 31.8 Å². The molecule has 0 aliphatic rings. The summed E-state index contributed by atoms with van der Waals surface area (Å²) in [5, 5.41) is 8.79. The maximum absolute atomic E-state index is 12.2. The maximum Gasteiger partial charge on any atom is 0.335 e. The van der Waals surface area contributed by atoms with Gasteiger partial charge in [-0.05, 0) is 24.6 Å². The van der Waals surface area contributed by atoms with Crippen molar-refractivity contribution in [3.8, 4) is 0 Å². The fourth-order valence-electron chi connectivity index (χ4n) is 1.75. The Morgan fingerprint density at radius 2 is 1.44 bits per heavy atom. The lowest BCUT2D eigenvalue weighted by Gasteiger charge is -2.04. The number of carbonyl (C=O) groups is 2. The molecule has 0 amide bonds. The second kappa shape index (κ2) is 4.84. The summed E-state index contributed by atoms with van der Waals surface area (Å²) in [5.74, 6) is -1.09. The van der Waals surface area contributed by atoms with Gasteiger partial charge in [-0.1, -0.05) is 36.4 Å². The van der Waals surface area contributed by atoms with E-state index in [1.165, 1.54) is 24.3 Å². The number of hydrogen-bond donors (Lipinski definition) is 1. The van der Waals surface area contributed by atoms with Crippen LogP contribution in [-0.4, -0.2) is 16.9 Å². The van der Waals surface area contributed by atoms with E-state index < -0.39 is 5.97 Å². The molecule has 0 fully saturated rings. The van der Waals surface area contributed by atoms with Crippen LogP contribution in [0.5, 0.6) is 0 Å². The highest BCUT2D eigenvalue weighted by molar-refractivity contribution is 6.10. The number of carbonyl (C=O) groups excluding carboxylic acids is 1. The van der Waals surface area contributed by atoms with E-state index in [-0.39, 0.29) is 11.3 Å².